The molecule has 1 aromatic heterocycles. The summed E-state index contributed by atoms with van der Waals surface area (Å²) in [5.74, 6) is 0. The van der Waals surface area contributed by atoms with Crippen LogP contribution in [0.4, 0.5) is 0 Å². The summed E-state index contributed by atoms with van der Waals surface area (Å²) >= 11 is 0. The van der Waals surface area contributed by atoms with Crippen LogP contribution in [-0.4, -0.2) is 18.0 Å². The van der Waals surface area contributed by atoms with E-state index in [9.17, 15) is 0 Å². The van der Waals surface area contributed by atoms with Crippen molar-refractivity contribution < 1.29 is 14.5 Å². The molecule has 0 aromatic carbocycles. The van der Waals surface area contributed by atoms with Crippen LogP contribution in [0, 0.1) is 0 Å². The number of oxime groups is 1. The highest BCUT2D eigenvalue weighted by Crippen LogP contribution is 2.10. The second-order valence-electron chi connectivity index (χ2n) is 6.12. The average molecular weight is 321 g/mol. The third kappa shape index (κ3) is 10.9. The molecule has 0 radical (unpaired) electrons. The van der Waals surface area contributed by atoms with E-state index in [0.717, 1.165) is 18.6 Å². The Morgan fingerprint density at radius 2 is 1.70 bits per heavy atom. The van der Waals surface area contributed by atoms with Gasteiger partial charge in [-0.25, -0.2) is 0 Å². The molecule has 4 heteroatoms. The van der Waals surface area contributed by atoms with Gasteiger partial charge in [0.1, 0.15) is 0 Å². The first-order chi connectivity index (χ1) is 11.4. The molecule has 0 aliphatic rings. The van der Waals surface area contributed by atoms with E-state index in [1.165, 1.54) is 64.0 Å². The molecular formula is C19H33N2O2+. The summed E-state index contributed by atoms with van der Waals surface area (Å²) in [6, 6.07) is 3.80. The van der Waals surface area contributed by atoms with E-state index in [1.807, 2.05) is 29.1 Å². The standard InChI is InChI=1S/C19H32N2O2/c1-2-3-4-5-6-7-8-9-10-11-15-23-18-21-14-12-13-19(17-21)16-20-22/h12-14,16-17H,2-11,15,18H2,1H3/p+1/b20-16+. The molecule has 0 bridgehead atoms. The Morgan fingerprint density at radius 3 is 2.35 bits per heavy atom. The molecule has 0 spiro atoms. The molecule has 0 atom stereocenters. The van der Waals surface area contributed by atoms with Gasteiger partial charge in [0.2, 0.25) is 0 Å². The first-order valence-electron chi connectivity index (χ1n) is 9.11. The van der Waals surface area contributed by atoms with E-state index >= 15 is 0 Å². The number of hydrogen-bond donors (Lipinski definition) is 1. The first-order valence-corrected chi connectivity index (χ1v) is 9.11. The Bertz CT molecular complexity index is 422. The van der Waals surface area contributed by atoms with Crippen LogP contribution in [0.3, 0.4) is 0 Å². The van der Waals surface area contributed by atoms with E-state index < -0.39 is 0 Å². The van der Waals surface area contributed by atoms with Crippen LogP contribution in [0.25, 0.3) is 0 Å². The summed E-state index contributed by atoms with van der Waals surface area (Å²) in [5.41, 5.74) is 0.859. The van der Waals surface area contributed by atoms with Gasteiger partial charge in [0.25, 0.3) is 6.73 Å². The number of aromatic nitrogens is 1. The van der Waals surface area contributed by atoms with Gasteiger partial charge in [-0.05, 0) is 12.5 Å². The van der Waals surface area contributed by atoms with Crippen LogP contribution in [0.15, 0.2) is 29.7 Å². The van der Waals surface area contributed by atoms with Crippen molar-refractivity contribution in [2.75, 3.05) is 6.61 Å². The van der Waals surface area contributed by atoms with Gasteiger partial charge in [-0.15, -0.1) is 0 Å². The van der Waals surface area contributed by atoms with Crippen molar-refractivity contribution in [1.82, 2.24) is 0 Å². The maximum absolute atomic E-state index is 8.53. The van der Waals surface area contributed by atoms with E-state index in [-0.39, 0.29) is 0 Å². The van der Waals surface area contributed by atoms with Crippen molar-refractivity contribution in [3.8, 4) is 0 Å². The lowest BCUT2D eigenvalue weighted by Crippen LogP contribution is -2.34. The van der Waals surface area contributed by atoms with Crippen molar-refractivity contribution in [3.63, 3.8) is 0 Å². The fourth-order valence-corrected chi connectivity index (χ4v) is 2.63. The SMILES string of the molecule is CCCCCCCCCCCCOC[n+]1cccc(/C=N/O)c1. The lowest BCUT2D eigenvalue weighted by molar-refractivity contribution is -0.732. The van der Waals surface area contributed by atoms with E-state index in [2.05, 4.69) is 12.1 Å². The Hall–Kier alpha value is -1.42. The van der Waals surface area contributed by atoms with Gasteiger partial charge in [-0.2, -0.15) is 4.57 Å². The minimum Gasteiger partial charge on any atom is -0.411 e. The normalized spacial score (nSPS) is 11.3. The van der Waals surface area contributed by atoms with Crippen molar-refractivity contribution in [1.29, 1.82) is 0 Å². The molecule has 130 valence electrons. The summed E-state index contributed by atoms with van der Waals surface area (Å²) < 4.78 is 7.63. The second kappa shape index (κ2) is 14.2. The fourth-order valence-electron chi connectivity index (χ4n) is 2.63. The number of hydrogen-bond acceptors (Lipinski definition) is 3. The lowest BCUT2D eigenvalue weighted by atomic mass is 10.1. The molecule has 0 aliphatic carbocycles. The van der Waals surface area contributed by atoms with Crippen LogP contribution < -0.4 is 4.57 Å². The molecule has 0 fully saturated rings. The Labute approximate surface area is 141 Å². The molecule has 1 heterocycles. The van der Waals surface area contributed by atoms with Crippen LogP contribution in [0.1, 0.15) is 76.7 Å². The van der Waals surface area contributed by atoms with Gasteiger partial charge in [0.15, 0.2) is 12.4 Å². The molecule has 0 saturated heterocycles. The monoisotopic (exact) mass is 321 g/mol. The number of nitrogens with zero attached hydrogens (tertiary/aromatic N) is 2. The molecule has 0 unspecified atom stereocenters. The second-order valence-corrected chi connectivity index (χ2v) is 6.12. The fraction of sp³-hybridized carbons (Fsp3) is 0.684. The summed E-state index contributed by atoms with van der Waals surface area (Å²) in [5, 5.41) is 11.6. The van der Waals surface area contributed by atoms with Gasteiger partial charge in [-0.1, -0.05) is 69.9 Å². The lowest BCUT2D eigenvalue weighted by Gasteiger charge is -2.03. The van der Waals surface area contributed by atoms with Gasteiger partial charge < -0.3 is 9.94 Å². The predicted molar refractivity (Wildman–Crippen MR) is 93.8 cm³/mol. The molecule has 0 saturated carbocycles. The Morgan fingerprint density at radius 1 is 1.04 bits per heavy atom. The molecule has 23 heavy (non-hydrogen) atoms. The van der Waals surface area contributed by atoms with Crippen LogP contribution >= 0.6 is 0 Å². The Balaban J connectivity index is 1.92. The van der Waals surface area contributed by atoms with Crippen LogP contribution in [0.5, 0.6) is 0 Å². The highest BCUT2D eigenvalue weighted by Gasteiger charge is 2.01. The maximum atomic E-state index is 8.53. The third-order valence-electron chi connectivity index (χ3n) is 3.97. The molecule has 0 aliphatic heterocycles. The van der Waals surface area contributed by atoms with Crippen LogP contribution in [-0.2, 0) is 11.5 Å². The Kier molecular flexibility index (Phi) is 12.1. The molecule has 1 rings (SSSR count). The number of pyridine rings is 1. The molecule has 4 nitrogen and oxygen atoms in total. The number of unbranched alkanes of at least 4 members (excludes halogenated alkanes) is 9. The average Bonchev–Trinajstić information content (AvgIpc) is 2.56. The van der Waals surface area contributed by atoms with Crippen LogP contribution in [0.2, 0.25) is 0 Å². The van der Waals surface area contributed by atoms with Gasteiger partial charge in [0.05, 0.1) is 18.4 Å². The van der Waals surface area contributed by atoms with Gasteiger partial charge in [0, 0.05) is 6.07 Å². The third-order valence-corrected chi connectivity index (χ3v) is 3.97. The van der Waals surface area contributed by atoms with Crippen molar-refractivity contribution in [3.05, 3.63) is 30.1 Å². The number of ether oxygens (including phenoxy) is 1. The molecule has 0 amide bonds. The summed E-state index contributed by atoms with van der Waals surface area (Å²) in [4.78, 5) is 0. The highest BCUT2D eigenvalue weighted by atomic mass is 16.5. The van der Waals surface area contributed by atoms with Gasteiger partial charge >= 0.3 is 0 Å². The zero-order chi connectivity index (χ0) is 16.6. The zero-order valence-electron chi connectivity index (χ0n) is 14.6. The van der Waals surface area contributed by atoms with Gasteiger partial charge in [-0.3, -0.25) is 0 Å². The van der Waals surface area contributed by atoms with E-state index in [4.69, 9.17) is 9.94 Å². The smallest absolute Gasteiger partial charge is 0.252 e. The number of rotatable bonds is 14. The largest absolute Gasteiger partial charge is 0.411 e. The predicted octanol–water partition coefficient (Wildman–Crippen LogP) is 4.68. The first kappa shape index (κ1) is 19.6. The minimum absolute atomic E-state index is 0.546. The maximum Gasteiger partial charge on any atom is 0.252 e. The summed E-state index contributed by atoms with van der Waals surface area (Å²) in [6.45, 7) is 3.62. The highest BCUT2D eigenvalue weighted by molar-refractivity contribution is 5.77. The molecule has 1 N–H and O–H groups in total. The minimum atomic E-state index is 0.546. The van der Waals surface area contributed by atoms with Crippen molar-refractivity contribution in [2.24, 2.45) is 5.16 Å². The molecular weight excluding hydrogens is 288 g/mol. The van der Waals surface area contributed by atoms with E-state index in [1.54, 1.807) is 0 Å². The van der Waals surface area contributed by atoms with Crippen molar-refractivity contribution in [2.45, 2.75) is 77.9 Å². The topological polar surface area (TPSA) is 45.7 Å². The molecule has 1 aromatic rings. The van der Waals surface area contributed by atoms with Crippen molar-refractivity contribution >= 4 is 6.21 Å². The summed E-state index contributed by atoms with van der Waals surface area (Å²) in [7, 11) is 0. The zero-order valence-corrected chi connectivity index (χ0v) is 14.6. The van der Waals surface area contributed by atoms with E-state index in [0.29, 0.717) is 6.73 Å². The summed E-state index contributed by atoms with van der Waals surface area (Å²) in [6.07, 6.45) is 18.7. The quantitative estimate of drug-likeness (QED) is 0.178.